The highest BCUT2D eigenvalue weighted by Gasteiger charge is 2.20. The normalized spacial score (nSPS) is 17.9. The minimum atomic E-state index is 0.0833. The summed E-state index contributed by atoms with van der Waals surface area (Å²) in [5.41, 5.74) is 0. The van der Waals surface area contributed by atoms with Gasteiger partial charge in [0.1, 0.15) is 0 Å². The van der Waals surface area contributed by atoms with E-state index in [2.05, 4.69) is 37.6 Å². The molecule has 2 rings (SSSR count). The van der Waals surface area contributed by atoms with Gasteiger partial charge in [-0.25, -0.2) is 0 Å². The first-order valence-corrected chi connectivity index (χ1v) is 8.01. The van der Waals surface area contributed by atoms with Crippen molar-refractivity contribution in [3.63, 3.8) is 0 Å². The first-order valence-electron chi connectivity index (χ1n) is 6.34. The van der Waals surface area contributed by atoms with Crippen molar-refractivity contribution >= 4 is 33.2 Å². The predicted octanol–water partition coefficient (Wildman–Crippen LogP) is 2.86. The van der Waals surface area contributed by atoms with E-state index < -0.39 is 0 Å². The summed E-state index contributed by atoms with van der Waals surface area (Å²) in [6.07, 6.45) is 2.37. The maximum atomic E-state index is 10.9. The Hall–Kier alpha value is -0.390. The van der Waals surface area contributed by atoms with E-state index in [1.165, 1.54) is 22.2 Å². The molecule has 2 heterocycles. The largest absolute Gasteiger partial charge is 0.356 e. The second-order valence-corrected chi connectivity index (χ2v) is 6.70. The Labute approximate surface area is 121 Å². The highest BCUT2D eigenvalue weighted by molar-refractivity contribution is 9.10. The van der Waals surface area contributed by atoms with Crippen molar-refractivity contribution in [1.29, 1.82) is 0 Å². The summed E-state index contributed by atoms with van der Waals surface area (Å²) in [5, 5.41) is 5.05. The second kappa shape index (κ2) is 6.68. The molecule has 1 N–H and O–H groups in total. The van der Waals surface area contributed by atoms with Crippen LogP contribution < -0.4 is 5.32 Å². The maximum absolute atomic E-state index is 10.9. The molecule has 0 unspecified atom stereocenters. The standard InChI is InChI=1S/C13H19BrN2OS/c1-10(17)15-8-11-2-5-16(6-3-11)9-13-12(14)4-7-18-13/h4,7,11H,2-3,5-6,8-9H2,1H3,(H,15,17). The van der Waals surface area contributed by atoms with Gasteiger partial charge in [0.25, 0.3) is 0 Å². The number of nitrogens with zero attached hydrogens (tertiary/aromatic N) is 1. The summed E-state index contributed by atoms with van der Waals surface area (Å²) in [6.45, 7) is 5.74. The number of carbonyl (C=O) groups is 1. The van der Waals surface area contributed by atoms with Crippen molar-refractivity contribution < 1.29 is 4.79 Å². The first-order chi connectivity index (χ1) is 8.65. The molecule has 0 atom stereocenters. The first kappa shape index (κ1) is 14.0. The number of hydrogen-bond donors (Lipinski definition) is 1. The number of carbonyl (C=O) groups excluding carboxylic acids is 1. The summed E-state index contributed by atoms with van der Waals surface area (Å²) in [7, 11) is 0. The predicted molar refractivity (Wildman–Crippen MR) is 78.7 cm³/mol. The Morgan fingerprint density at radius 1 is 1.56 bits per heavy atom. The second-order valence-electron chi connectivity index (χ2n) is 4.85. The highest BCUT2D eigenvalue weighted by Crippen LogP contribution is 2.26. The Morgan fingerprint density at radius 2 is 2.28 bits per heavy atom. The SMILES string of the molecule is CC(=O)NCC1CCN(Cc2sccc2Br)CC1. The number of hydrogen-bond acceptors (Lipinski definition) is 3. The molecule has 0 aliphatic carbocycles. The average molecular weight is 331 g/mol. The van der Waals surface area contributed by atoms with Gasteiger partial charge in [0.05, 0.1) is 0 Å². The number of amides is 1. The third-order valence-corrected chi connectivity index (χ3v) is 5.32. The third kappa shape index (κ3) is 4.07. The van der Waals surface area contributed by atoms with E-state index in [-0.39, 0.29) is 5.91 Å². The lowest BCUT2D eigenvalue weighted by molar-refractivity contribution is -0.119. The third-order valence-electron chi connectivity index (χ3n) is 3.41. The molecule has 0 spiro atoms. The monoisotopic (exact) mass is 330 g/mol. The molecule has 1 fully saturated rings. The van der Waals surface area contributed by atoms with E-state index in [1.807, 2.05) is 11.3 Å². The van der Waals surface area contributed by atoms with Crippen molar-refractivity contribution in [3.8, 4) is 0 Å². The Balaban J connectivity index is 1.73. The topological polar surface area (TPSA) is 32.3 Å². The van der Waals surface area contributed by atoms with Crippen LogP contribution >= 0.6 is 27.3 Å². The number of piperidine rings is 1. The molecule has 0 radical (unpaired) electrons. The molecule has 0 aromatic carbocycles. The summed E-state index contributed by atoms with van der Waals surface area (Å²) >= 11 is 5.39. The summed E-state index contributed by atoms with van der Waals surface area (Å²) in [5.74, 6) is 0.733. The molecule has 1 amide bonds. The number of halogens is 1. The molecule has 1 aliphatic heterocycles. The quantitative estimate of drug-likeness (QED) is 0.920. The Morgan fingerprint density at radius 3 is 2.83 bits per heavy atom. The lowest BCUT2D eigenvalue weighted by Crippen LogP contribution is -2.37. The Bertz CT molecular complexity index is 399. The number of likely N-dealkylation sites (tertiary alicyclic amines) is 1. The number of nitrogens with one attached hydrogen (secondary N) is 1. The van der Waals surface area contributed by atoms with Crippen molar-refractivity contribution in [2.24, 2.45) is 5.92 Å². The molecule has 1 saturated heterocycles. The van der Waals surface area contributed by atoms with Crippen LogP contribution in [0, 0.1) is 5.92 Å². The van der Waals surface area contributed by atoms with Gasteiger partial charge < -0.3 is 5.32 Å². The lowest BCUT2D eigenvalue weighted by atomic mass is 9.97. The van der Waals surface area contributed by atoms with Crippen LogP contribution in [0.2, 0.25) is 0 Å². The summed E-state index contributed by atoms with van der Waals surface area (Å²) in [6, 6.07) is 2.11. The fraction of sp³-hybridized carbons (Fsp3) is 0.615. The van der Waals surface area contributed by atoms with Gasteiger partial charge in [0, 0.05) is 29.4 Å². The zero-order valence-electron chi connectivity index (χ0n) is 10.6. The smallest absolute Gasteiger partial charge is 0.216 e. The molecular weight excluding hydrogens is 312 g/mol. The van der Waals surface area contributed by atoms with E-state index >= 15 is 0 Å². The van der Waals surface area contributed by atoms with Gasteiger partial charge in [-0.2, -0.15) is 0 Å². The fourth-order valence-corrected chi connectivity index (χ4v) is 3.80. The number of thiophene rings is 1. The molecule has 18 heavy (non-hydrogen) atoms. The van der Waals surface area contributed by atoms with Crippen LogP contribution in [0.15, 0.2) is 15.9 Å². The maximum Gasteiger partial charge on any atom is 0.216 e. The molecule has 0 bridgehead atoms. The van der Waals surface area contributed by atoms with Crippen LogP contribution in [0.1, 0.15) is 24.6 Å². The molecule has 1 aliphatic rings. The van der Waals surface area contributed by atoms with E-state index in [4.69, 9.17) is 0 Å². The van der Waals surface area contributed by atoms with Gasteiger partial charge in [-0.1, -0.05) is 0 Å². The molecule has 1 aromatic heterocycles. The van der Waals surface area contributed by atoms with Crippen molar-refractivity contribution in [3.05, 3.63) is 20.8 Å². The molecule has 1 aromatic rings. The van der Waals surface area contributed by atoms with E-state index in [0.717, 1.165) is 26.2 Å². The van der Waals surface area contributed by atoms with Crippen LogP contribution in [-0.2, 0) is 11.3 Å². The van der Waals surface area contributed by atoms with Gasteiger partial charge >= 0.3 is 0 Å². The zero-order chi connectivity index (χ0) is 13.0. The molecular formula is C13H19BrN2OS. The van der Waals surface area contributed by atoms with Crippen LogP contribution in [0.4, 0.5) is 0 Å². The van der Waals surface area contributed by atoms with Gasteiger partial charge in [0.15, 0.2) is 0 Å². The zero-order valence-corrected chi connectivity index (χ0v) is 13.0. The fourth-order valence-electron chi connectivity index (χ4n) is 2.28. The van der Waals surface area contributed by atoms with Gasteiger partial charge in [0.2, 0.25) is 5.91 Å². The van der Waals surface area contributed by atoms with Crippen LogP contribution in [-0.4, -0.2) is 30.4 Å². The van der Waals surface area contributed by atoms with Gasteiger partial charge in [-0.05, 0) is 59.2 Å². The van der Waals surface area contributed by atoms with Crippen molar-refractivity contribution in [2.45, 2.75) is 26.3 Å². The average Bonchev–Trinajstić information content (AvgIpc) is 2.74. The molecule has 5 heteroatoms. The van der Waals surface area contributed by atoms with Crippen LogP contribution in [0.25, 0.3) is 0 Å². The van der Waals surface area contributed by atoms with E-state index in [0.29, 0.717) is 5.92 Å². The minimum Gasteiger partial charge on any atom is -0.356 e. The minimum absolute atomic E-state index is 0.0833. The van der Waals surface area contributed by atoms with E-state index in [9.17, 15) is 4.79 Å². The van der Waals surface area contributed by atoms with Gasteiger partial charge in [-0.3, -0.25) is 9.69 Å². The molecule has 100 valence electrons. The Kier molecular flexibility index (Phi) is 5.21. The van der Waals surface area contributed by atoms with E-state index in [1.54, 1.807) is 6.92 Å². The summed E-state index contributed by atoms with van der Waals surface area (Å²) < 4.78 is 1.23. The summed E-state index contributed by atoms with van der Waals surface area (Å²) in [4.78, 5) is 14.8. The van der Waals surface area contributed by atoms with Crippen molar-refractivity contribution in [2.75, 3.05) is 19.6 Å². The highest BCUT2D eigenvalue weighted by atomic mass is 79.9. The number of rotatable bonds is 4. The van der Waals surface area contributed by atoms with Crippen molar-refractivity contribution in [1.82, 2.24) is 10.2 Å². The lowest BCUT2D eigenvalue weighted by Gasteiger charge is -2.31. The van der Waals surface area contributed by atoms with Crippen LogP contribution in [0.3, 0.4) is 0 Å². The molecule has 0 saturated carbocycles. The van der Waals surface area contributed by atoms with Crippen LogP contribution in [0.5, 0.6) is 0 Å². The molecule has 3 nitrogen and oxygen atoms in total. The van der Waals surface area contributed by atoms with Gasteiger partial charge in [-0.15, -0.1) is 11.3 Å².